The summed E-state index contributed by atoms with van der Waals surface area (Å²) in [6, 6.07) is 9.52. The van der Waals surface area contributed by atoms with Gasteiger partial charge in [-0.3, -0.25) is 9.59 Å². The van der Waals surface area contributed by atoms with Crippen LogP contribution in [0.2, 0.25) is 0 Å². The van der Waals surface area contributed by atoms with Crippen molar-refractivity contribution in [2.24, 2.45) is 5.92 Å². The highest BCUT2D eigenvalue weighted by atomic mass is 16.6. The molecular weight excluding hydrogens is 502 g/mol. The number of benzene rings is 2. The molecule has 39 heavy (non-hydrogen) atoms. The van der Waals surface area contributed by atoms with Gasteiger partial charge in [-0.15, -0.1) is 0 Å². The van der Waals surface area contributed by atoms with E-state index < -0.39 is 17.7 Å². The fraction of sp³-hybridized carbons (Fsp3) is 0.467. The normalized spacial score (nSPS) is 18.1. The smallest absolute Gasteiger partial charge is 0.295 e. The number of aliphatic hydroxyl groups is 1. The van der Waals surface area contributed by atoms with Crippen molar-refractivity contribution in [2.45, 2.75) is 39.7 Å². The van der Waals surface area contributed by atoms with Crippen molar-refractivity contribution in [3.05, 3.63) is 53.1 Å². The van der Waals surface area contributed by atoms with Gasteiger partial charge >= 0.3 is 0 Å². The lowest BCUT2D eigenvalue weighted by molar-refractivity contribution is -0.140. The van der Waals surface area contributed by atoms with Crippen molar-refractivity contribution in [3.63, 3.8) is 0 Å². The second kappa shape index (κ2) is 12.9. The molecule has 0 aromatic heterocycles. The molecule has 2 heterocycles. The number of nitrogens with zero attached hydrogens (tertiary/aromatic N) is 1. The lowest BCUT2D eigenvalue weighted by Gasteiger charge is -2.26. The molecule has 210 valence electrons. The van der Waals surface area contributed by atoms with Crippen LogP contribution in [0.15, 0.2) is 42.0 Å². The van der Waals surface area contributed by atoms with Crippen LogP contribution in [0, 0.1) is 5.92 Å². The van der Waals surface area contributed by atoms with Gasteiger partial charge in [0.2, 0.25) is 0 Å². The number of hydrogen-bond acceptors (Lipinski definition) is 8. The van der Waals surface area contributed by atoms with E-state index in [9.17, 15) is 14.7 Å². The minimum absolute atomic E-state index is 0.00465. The summed E-state index contributed by atoms with van der Waals surface area (Å²) >= 11 is 0. The van der Waals surface area contributed by atoms with Gasteiger partial charge in [0.05, 0.1) is 24.8 Å². The zero-order chi connectivity index (χ0) is 27.9. The molecule has 0 bridgehead atoms. The Kier molecular flexibility index (Phi) is 9.35. The highest BCUT2D eigenvalue weighted by Gasteiger charge is 2.46. The summed E-state index contributed by atoms with van der Waals surface area (Å²) in [7, 11) is 1.58. The Morgan fingerprint density at radius 2 is 1.79 bits per heavy atom. The summed E-state index contributed by atoms with van der Waals surface area (Å²) in [6.45, 7) is 8.60. The minimum atomic E-state index is -0.820. The third-order valence-corrected chi connectivity index (χ3v) is 6.64. The number of Topliss-reactive ketones (excluding diaryl/α,β-unsaturated/α-hetero) is 1. The van der Waals surface area contributed by atoms with Gasteiger partial charge in [-0.1, -0.05) is 19.9 Å². The maximum absolute atomic E-state index is 13.4. The molecule has 2 aliphatic heterocycles. The van der Waals surface area contributed by atoms with Gasteiger partial charge < -0.3 is 33.7 Å². The number of likely N-dealkylation sites (tertiary alicyclic amines) is 1. The Morgan fingerprint density at radius 1 is 1.03 bits per heavy atom. The molecule has 0 spiro atoms. The Hall–Kier alpha value is -3.72. The summed E-state index contributed by atoms with van der Waals surface area (Å²) in [6.07, 6.45) is 1.42. The SMILES string of the molecule is CCOc1cc([C@H]2/C(=C(\O)c3ccc4c(c3)OCCO4)C(=O)C(=O)N2CCCOC)ccc1OCCC(C)C. The quantitative estimate of drug-likeness (QED) is 0.179. The number of aliphatic hydroxyl groups excluding tert-OH is 1. The number of ketones is 1. The van der Waals surface area contributed by atoms with Crippen LogP contribution < -0.4 is 18.9 Å². The first kappa shape index (κ1) is 28.3. The van der Waals surface area contributed by atoms with E-state index in [-0.39, 0.29) is 17.9 Å². The number of fused-ring (bicyclic) bond motifs is 1. The Bertz CT molecular complexity index is 1220. The van der Waals surface area contributed by atoms with E-state index in [4.69, 9.17) is 23.7 Å². The molecule has 0 aliphatic carbocycles. The van der Waals surface area contributed by atoms with Gasteiger partial charge in [-0.2, -0.15) is 0 Å². The Morgan fingerprint density at radius 3 is 2.51 bits per heavy atom. The topological polar surface area (TPSA) is 104 Å². The zero-order valence-corrected chi connectivity index (χ0v) is 23.0. The van der Waals surface area contributed by atoms with E-state index in [2.05, 4.69) is 13.8 Å². The van der Waals surface area contributed by atoms with Crippen molar-refractivity contribution in [1.82, 2.24) is 4.90 Å². The molecule has 0 saturated carbocycles. The van der Waals surface area contributed by atoms with E-state index in [0.29, 0.717) is 79.5 Å². The van der Waals surface area contributed by atoms with Crippen LogP contribution in [0.25, 0.3) is 5.76 Å². The van der Waals surface area contributed by atoms with Crippen LogP contribution in [0.1, 0.15) is 50.8 Å². The van der Waals surface area contributed by atoms with Crippen LogP contribution in [-0.4, -0.2) is 68.4 Å². The number of carbonyl (C=O) groups excluding carboxylic acids is 2. The van der Waals surface area contributed by atoms with Crippen LogP contribution in [0.5, 0.6) is 23.0 Å². The molecule has 1 N–H and O–H groups in total. The van der Waals surface area contributed by atoms with E-state index >= 15 is 0 Å². The molecule has 0 radical (unpaired) electrons. The molecule has 0 unspecified atom stereocenters. The number of carbonyl (C=O) groups is 2. The van der Waals surface area contributed by atoms with Crippen molar-refractivity contribution in [2.75, 3.05) is 46.7 Å². The lowest BCUT2D eigenvalue weighted by Crippen LogP contribution is -2.31. The van der Waals surface area contributed by atoms with Gasteiger partial charge in [0, 0.05) is 25.8 Å². The van der Waals surface area contributed by atoms with E-state index in [1.54, 1.807) is 37.4 Å². The van der Waals surface area contributed by atoms with Crippen LogP contribution >= 0.6 is 0 Å². The maximum atomic E-state index is 13.4. The highest BCUT2D eigenvalue weighted by molar-refractivity contribution is 6.46. The minimum Gasteiger partial charge on any atom is -0.507 e. The van der Waals surface area contributed by atoms with Gasteiger partial charge in [0.25, 0.3) is 11.7 Å². The molecule has 9 nitrogen and oxygen atoms in total. The molecule has 9 heteroatoms. The molecule has 1 saturated heterocycles. The van der Waals surface area contributed by atoms with E-state index in [1.807, 2.05) is 13.0 Å². The Labute approximate surface area is 229 Å². The third kappa shape index (κ3) is 6.30. The number of rotatable bonds is 12. The number of methoxy groups -OCH3 is 1. The molecule has 1 amide bonds. The summed E-state index contributed by atoms with van der Waals surface area (Å²) in [5.74, 6) is 0.920. The first-order chi connectivity index (χ1) is 18.8. The molecule has 1 fully saturated rings. The van der Waals surface area contributed by atoms with Gasteiger partial charge in [0.15, 0.2) is 23.0 Å². The average molecular weight is 540 g/mol. The van der Waals surface area contributed by atoms with Crippen LogP contribution in [-0.2, 0) is 14.3 Å². The highest BCUT2D eigenvalue weighted by Crippen LogP contribution is 2.43. The van der Waals surface area contributed by atoms with Gasteiger partial charge in [-0.25, -0.2) is 0 Å². The molecule has 1 atom stereocenters. The standard InChI is InChI=1S/C30H37NO8/c1-5-36-24-17-20(7-9-22(24)37-14-11-19(2)3)27-26(29(33)30(34)31(27)12-6-13-35-4)28(32)21-8-10-23-25(18-21)39-16-15-38-23/h7-10,17-19,27,32H,5-6,11-16H2,1-4H3/b28-26+/t27-/m0/s1. The predicted octanol–water partition coefficient (Wildman–Crippen LogP) is 4.74. The molecule has 4 rings (SSSR count). The summed E-state index contributed by atoms with van der Waals surface area (Å²) in [5, 5.41) is 11.4. The van der Waals surface area contributed by atoms with E-state index in [0.717, 1.165) is 6.42 Å². The second-order valence-corrected chi connectivity index (χ2v) is 9.87. The van der Waals surface area contributed by atoms with Crippen LogP contribution in [0.4, 0.5) is 0 Å². The number of hydrogen-bond donors (Lipinski definition) is 1. The predicted molar refractivity (Wildman–Crippen MR) is 145 cm³/mol. The largest absolute Gasteiger partial charge is 0.507 e. The second-order valence-electron chi connectivity index (χ2n) is 9.87. The number of ether oxygens (including phenoxy) is 5. The summed E-state index contributed by atoms with van der Waals surface area (Å²) in [5.41, 5.74) is 0.994. The molecular formula is C30H37NO8. The van der Waals surface area contributed by atoms with Gasteiger partial charge in [0.1, 0.15) is 19.0 Å². The maximum Gasteiger partial charge on any atom is 0.295 e. The fourth-order valence-electron chi connectivity index (χ4n) is 4.67. The number of amides is 1. The molecule has 2 aliphatic rings. The van der Waals surface area contributed by atoms with Crippen LogP contribution in [0.3, 0.4) is 0 Å². The zero-order valence-electron chi connectivity index (χ0n) is 23.0. The van der Waals surface area contributed by atoms with Crippen molar-refractivity contribution in [1.29, 1.82) is 0 Å². The average Bonchev–Trinajstić information content (AvgIpc) is 3.18. The van der Waals surface area contributed by atoms with E-state index in [1.165, 1.54) is 4.90 Å². The third-order valence-electron chi connectivity index (χ3n) is 6.64. The Balaban J connectivity index is 1.77. The lowest BCUT2D eigenvalue weighted by atomic mass is 9.94. The first-order valence-corrected chi connectivity index (χ1v) is 13.4. The summed E-state index contributed by atoms with van der Waals surface area (Å²) < 4.78 is 28.3. The summed E-state index contributed by atoms with van der Waals surface area (Å²) in [4.78, 5) is 28.1. The molecule has 2 aromatic carbocycles. The molecule has 2 aromatic rings. The first-order valence-electron chi connectivity index (χ1n) is 13.4. The monoisotopic (exact) mass is 539 g/mol. The van der Waals surface area contributed by atoms with Crippen molar-refractivity contribution in [3.8, 4) is 23.0 Å². The van der Waals surface area contributed by atoms with Crippen molar-refractivity contribution >= 4 is 17.4 Å². The van der Waals surface area contributed by atoms with Gasteiger partial charge in [-0.05, 0) is 61.6 Å². The van der Waals surface area contributed by atoms with Crippen molar-refractivity contribution < 1.29 is 38.4 Å². The fourth-order valence-corrected chi connectivity index (χ4v) is 4.67.